The monoisotopic (exact) mass is 345 g/mol. The minimum absolute atomic E-state index is 0.0160. The Morgan fingerprint density at radius 1 is 1.17 bits per heavy atom. The van der Waals surface area contributed by atoms with Gasteiger partial charge in [0.05, 0.1) is 5.25 Å². The van der Waals surface area contributed by atoms with Crippen molar-refractivity contribution in [3.8, 4) is 0 Å². The summed E-state index contributed by atoms with van der Waals surface area (Å²) in [4.78, 5) is 21.2. The number of rotatable bonds is 4. The predicted octanol–water partition coefficient (Wildman–Crippen LogP) is 2.18. The van der Waals surface area contributed by atoms with Crippen LogP contribution in [0.25, 0.3) is 0 Å². The maximum Gasteiger partial charge on any atom is 0.433 e. The third-order valence-corrected chi connectivity index (χ3v) is 3.60. The highest BCUT2D eigenvalue weighted by Gasteiger charge is 2.33. The maximum atomic E-state index is 12.7. The van der Waals surface area contributed by atoms with Crippen LogP contribution in [0.15, 0.2) is 17.4 Å². The van der Waals surface area contributed by atoms with Gasteiger partial charge < -0.3 is 10.6 Å². The summed E-state index contributed by atoms with van der Waals surface area (Å²) in [6.07, 6.45) is -3.45. The molecule has 23 heavy (non-hydrogen) atoms. The molecule has 0 saturated heterocycles. The summed E-state index contributed by atoms with van der Waals surface area (Å²) in [5.41, 5.74) is 4.64. The molecule has 124 valence electrons. The predicted molar refractivity (Wildman–Crippen MR) is 79.9 cm³/mol. The van der Waals surface area contributed by atoms with Crippen molar-refractivity contribution in [2.75, 3.05) is 24.7 Å². The first-order valence-corrected chi connectivity index (χ1v) is 7.30. The number of thioether (sulfide) groups is 1. The van der Waals surface area contributed by atoms with Crippen molar-refractivity contribution in [3.63, 3.8) is 0 Å². The van der Waals surface area contributed by atoms with Crippen LogP contribution in [-0.4, -0.2) is 39.0 Å². The number of hydrogen-bond donors (Lipinski definition) is 1. The zero-order valence-corrected chi connectivity index (χ0v) is 13.4. The Bertz CT molecular complexity index is 693. The van der Waals surface area contributed by atoms with Crippen LogP contribution in [0.3, 0.4) is 0 Å². The van der Waals surface area contributed by atoms with E-state index in [1.54, 1.807) is 25.9 Å². The Kier molecular flexibility index (Phi) is 4.88. The molecule has 0 bridgehead atoms. The van der Waals surface area contributed by atoms with E-state index in [2.05, 4.69) is 24.9 Å². The van der Waals surface area contributed by atoms with Crippen LogP contribution < -0.4 is 10.6 Å². The van der Waals surface area contributed by atoms with Gasteiger partial charge in [-0.25, -0.2) is 9.97 Å². The molecular weight excluding hydrogens is 331 g/mol. The molecule has 0 aromatic carbocycles. The molecule has 1 atom stereocenters. The summed E-state index contributed by atoms with van der Waals surface area (Å²) in [6.45, 7) is 1.72. The van der Waals surface area contributed by atoms with Crippen molar-refractivity contribution in [3.05, 3.63) is 23.8 Å². The molecule has 2 N–H and O–H groups in total. The van der Waals surface area contributed by atoms with E-state index >= 15 is 0 Å². The van der Waals surface area contributed by atoms with Gasteiger partial charge in [0.15, 0.2) is 5.16 Å². The van der Waals surface area contributed by atoms with Gasteiger partial charge in [0, 0.05) is 20.3 Å². The van der Waals surface area contributed by atoms with Gasteiger partial charge in [0.25, 0.3) is 0 Å². The minimum Gasteiger partial charge on any atom is -0.368 e. The lowest BCUT2D eigenvalue weighted by Crippen LogP contribution is -2.16. The number of halogens is 3. The van der Waals surface area contributed by atoms with Gasteiger partial charge in [0.1, 0.15) is 11.5 Å². The summed E-state index contributed by atoms with van der Waals surface area (Å²) < 4.78 is 38.0. The van der Waals surface area contributed by atoms with Crippen LogP contribution in [0.2, 0.25) is 0 Å². The molecule has 0 radical (unpaired) electrons. The van der Waals surface area contributed by atoms with Crippen LogP contribution in [0, 0.1) is 0 Å². The second kappa shape index (κ2) is 6.52. The number of nitrogen functional groups attached to an aromatic ring is 1. The highest BCUT2D eigenvalue weighted by Crippen LogP contribution is 2.33. The van der Waals surface area contributed by atoms with Crippen molar-refractivity contribution in [2.45, 2.75) is 23.5 Å². The van der Waals surface area contributed by atoms with Crippen LogP contribution in [0.5, 0.6) is 0 Å². The lowest BCUT2D eigenvalue weighted by Gasteiger charge is -2.14. The van der Waals surface area contributed by atoms with Crippen molar-refractivity contribution >= 4 is 23.7 Å². The normalized spacial score (nSPS) is 13.0. The summed E-state index contributed by atoms with van der Waals surface area (Å²) in [6, 6.07) is 0.819. The molecule has 0 fully saturated rings. The highest BCUT2D eigenvalue weighted by atomic mass is 32.2. The Hall–Kier alpha value is -2.17. The number of nitrogens with zero attached hydrogens (tertiary/aromatic N) is 6. The molecule has 0 aliphatic heterocycles. The topological polar surface area (TPSA) is 93.7 Å². The number of aromatic nitrogens is 5. The van der Waals surface area contributed by atoms with Crippen molar-refractivity contribution in [1.29, 1.82) is 0 Å². The molecule has 11 heteroatoms. The first kappa shape index (κ1) is 17.2. The Balaban J connectivity index is 2.24. The number of alkyl halides is 3. The van der Waals surface area contributed by atoms with E-state index in [1.807, 2.05) is 0 Å². The molecule has 2 rings (SSSR count). The summed E-state index contributed by atoms with van der Waals surface area (Å²) in [7, 11) is 3.48. The summed E-state index contributed by atoms with van der Waals surface area (Å²) in [5.74, 6) is 0.744. The molecule has 0 spiro atoms. The van der Waals surface area contributed by atoms with Crippen LogP contribution in [0.4, 0.5) is 25.1 Å². The van der Waals surface area contributed by atoms with E-state index in [-0.39, 0.29) is 11.1 Å². The smallest absolute Gasteiger partial charge is 0.368 e. The van der Waals surface area contributed by atoms with Crippen molar-refractivity contribution in [2.24, 2.45) is 0 Å². The molecule has 2 aromatic heterocycles. The average molecular weight is 345 g/mol. The maximum absolute atomic E-state index is 12.7. The van der Waals surface area contributed by atoms with E-state index in [4.69, 9.17) is 5.73 Å². The van der Waals surface area contributed by atoms with Crippen LogP contribution in [0.1, 0.15) is 23.7 Å². The zero-order chi connectivity index (χ0) is 17.2. The van der Waals surface area contributed by atoms with E-state index in [0.717, 1.165) is 24.0 Å². The quantitative estimate of drug-likeness (QED) is 0.666. The highest BCUT2D eigenvalue weighted by molar-refractivity contribution is 7.99. The van der Waals surface area contributed by atoms with E-state index in [9.17, 15) is 13.2 Å². The molecular formula is C12H14F3N7S. The summed E-state index contributed by atoms with van der Waals surface area (Å²) >= 11 is 1.01. The second-order valence-electron chi connectivity index (χ2n) is 4.73. The first-order valence-electron chi connectivity index (χ1n) is 6.42. The first-order chi connectivity index (χ1) is 10.7. The van der Waals surface area contributed by atoms with Crippen molar-refractivity contribution in [1.82, 2.24) is 24.9 Å². The molecule has 0 saturated carbocycles. The van der Waals surface area contributed by atoms with E-state index < -0.39 is 17.1 Å². The molecule has 7 nitrogen and oxygen atoms in total. The molecule has 1 unspecified atom stereocenters. The number of hydrogen-bond acceptors (Lipinski definition) is 8. The standard InChI is InChI=1S/C12H14F3N7S/c1-6(8-19-9(16)21-10(20-8)22(2)3)23-11-17-5-4-7(18-11)12(13,14)15/h4-6H,1-3H3,(H2,16,19,20,21). The average Bonchev–Trinajstić information content (AvgIpc) is 2.46. The summed E-state index contributed by atoms with van der Waals surface area (Å²) in [5, 5.41) is -0.416. The Morgan fingerprint density at radius 2 is 1.87 bits per heavy atom. The van der Waals surface area contributed by atoms with Gasteiger partial charge >= 0.3 is 6.18 Å². The zero-order valence-electron chi connectivity index (χ0n) is 12.5. The second-order valence-corrected chi connectivity index (χ2v) is 6.04. The molecule has 2 aromatic rings. The fraction of sp³-hybridized carbons (Fsp3) is 0.417. The van der Waals surface area contributed by atoms with Gasteiger partial charge in [0.2, 0.25) is 11.9 Å². The lowest BCUT2D eigenvalue weighted by atomic mass is 10.4. The Morgan fingerprint density at radius 3 is 2.48 bits per heavy atom. The van der Waals surface area contributed by atoms with Crippen molar-refractivity contribution < 1.29 is 13.2 Å². The minimum atomic E-state index is -4.52. The Labute approximate surface area is 134 Å². The third kappa shape index (κ3) is 4.41. The fourth-order valence-electron chi connectivity index (χ4n) is 1.55. The van der Waals surface area contributed by atoms with Gasteiger partial charge in [-0.3, -0.25) is 0 Å². The van der Waals surface area contributed by atoms with Gasteiger partial charge in [-0.1, -0.05) is 11.8 Å². The van der Waals surface area contributed by atoms with Gasteiger partial charge in [-0.15, -0.1) is 0 Å². The van der Waals surface area contributed by atoms with Gasteiger partial charge in [-0.2, -0.15) is 28.1 Å². The largest absolute Gasteiger partial charge is 0.433 e. The van der Waals surface area contributed by atoms with Crippen LogP contribution >= 0.6 is 11.8 Å². The van der Waals surface area contributed by atoms with Gasteiger partial charge in [-0.05, 0) is 13.0 Å². The fourth-order valence-corrected chi connectivity index (χ4v) is 2.35. The number of nitrogens with two attached hydrogens (primary N) is 1. The van der Waals surface area contributed by atoms with Crippen LogP contribution in [-0.2, 0) is 6.18 Å². The third-order valence-electron chi connectivity index (χ3n) is 2.63. The molecule has 0 aliphatic rings. The number of anilines is 2. The van der Waals surface area contributed by atoms with E-state index in [1.165, 1.54) is 0 Å². The van der Waals surface area contributed by atoms with E-state index in [0.29, 0.717) is 11.8 Å². The molecule has 0 amide bonds. The SMILES string of the molecule is CC(Sc1nccc(C(F)(F)F)n1)c1nc(N)nc(N(C)C)n1. The lowest BCUT2D eigenvalue weighted by molar-refractivity contribution is -0.141. The molecule has 2 heterocycles. The molecule has 0 aliphatic carbocycles.